The van der Waals surface area contributed by atoms with Crippen molar-refractivity contribution in [3.8, 4) is 11.5 Å². The van der Waals surface area contributed by atoms with Crippen LogP contribution in [-0.4, -0.2) is 32.1 Å². The Hall–Kier alpha value is -3.49. The largest absolute Gasteiger partial charge is 0.493 e. The van der Waals surface area contributed by atoms with Crippen LogP contribution in [0.25, 0.3) is 6.08 Å². The maximum absolute atomic E-state index is 13.2. The molecular formula is C20H19F3N2O4. The molecule has 2 aromatic carbocycles. The van der Waals surface area contributed by atoms with Gasteiger partial charge >= 0.3 is 6.61 Å². The molecule has 0 heterocycles. The van der Waals surface area contributed by atoms with Crippen LogP contribution in [0.5, 0.6) is 11.5 Å². The van der Waals surface area contributed by atoms with Crippen molar-refractivity contribution in [1.29, 1.82) is 0 Å². The molecule has 0 aromatic heterocycles. The van der Waals surface area contributed by atoms with Gasteiger partial charge in [0.1, 0.15) is 5.82 Å². The van der Waals surface area contributed by atoms with Crippen LogP contribution in [0.2, 0.25) is 0 Å². The number of para-hydroxylation sites is 1. The van der Waals surface area contributed by atoms with Crippen molar-refractivity contribution in [2.24, 2.45) is 5.73 Å². The predicted octanol–water partition coefficient (Wildman–Crippen LogP) is 3.36. The molecule has 6 nitrogen and oxygen atoms in total. The minimum atomic E-state index is -3.08. The van der Waals surface area contributed by atoms with Crippen LogP contribution < -0.4 is 20.1 Å². The lowest BCUT2D eigenvalue weighted by molar-refractivity contribution is -0.118. The summed E-state index contributed by atoms with van der Waals surface area (Å²) in [5.74, 6) is -1.82. The quantitative estimate of drug-likeness (QED) is 0.645. The number of hydrogen-bond donors (Lipinski definition) is 1. The molecule has 9 heteroatoms. The maximum atomic E-state index is 13.2. The summed E-state index contributed by atoms with van der Waals surface area (Å²) in [5.41, 5.74) is 5.68. The Kier molecular flexibility index (Phi) is 7.64. The van der Waals surface area contributed by atoms with Gasteiger partial charge in [-0.15, -0.1) is 0 Å². The zero-order valence-corrected chi connectivity index (χ0v) is 15.5. The molecule has 0 atom stereocenters. The number of halogens is 3. The zero-order valence-electron chi connectivity index (χ0n) is 15.5. The normalized spacial score (nSPS) is 10.9. The first-order chi connectivity index (χ1) is 13.8. The van der Waals surface area contributed by atoms with Crippen molar-refractivity contribution >= 4 is 23.6 Å². The fourth-order valence-electron chi connectivity index (χ4n) is 2.50. The van der Waals surface area contributed by atoms with Crippen molar-refractivity contribution in [3.63, 3.8) is 0 Å². The zero-order chi connectivity index (χ0) is 21.4. The summed E-state index contributed by atoms with van der Waals surface area (Å²) < 4.78 is 48.1. The third-order valence-corrected chi connectivity index (χ3v) is 3.83. The Bertz CT molecular complexity index is 886. The number of benzene rings is 2. The van der Waals surface area contributed by atoms with Crippen LogP contribution >= 0.6 is 0 Å². The summed E-state index contributed by atoms with van der Waals surface area (Å²) in [6.07, 6.45) is 2.29. The third-order valence-electron chi connectivity index (χ3n) is 3.83. The van der Waals surface area contributed by atoms with Crippen molar-refractivity contribution in [3.05, 3.63) is 59.9 Å². The van der Waals surface area contributed by atoms with E-state index in [1.165, 1.54) is 54.5 Å². The standard InChI is InChI=1S/C20H19F3N2O4/c1-28-16-4-2-3-13(19(16)29-20(22)23)5-10-18(27)25(12-11-17(24)26)15-8-6-14(21)7-9-15/h2-10,20H,11-12H2,1H3,(H2,24,26)/b10-5+. The molecule has 0 aliphatic carbocycles. The second kappa shape index (κ2) is 10.2. The van der Waals surface area contributed by atoms with Gasteiger partial charge in [0.25, 0.3) is 5.91 Å². The molecule has 0 aliphatic rings. The van der Waals surface area contributed by atoms with E-state index < -0.39 is 24.2 Å². The molecule has 0 radical (unpaired) electrons. The first-order valence-electron chi connectivity index (χ1n) is 8.47. The Morgan fingerprint density at radius 1 is 1.17 bits per heavy atom. The molecule has 0 fully saturated rings. The van der Waals surface area contributed by atoms with E-state index in [1.807, 2.05) is 0 Å². The van der Waals surface area contributed by atoms with Gasteiger partial charge in [-0.25, -0.2) is 4.39 Å². The van der Waals surface area contributed by atoms with Crippen LogP contribution in [-0.2, 0) is 9.59 Å². The third kappa shape index (κ3) is 6.27. The number of ether oxygens (including phenoxy) is 2. The van der Waals surface area contributed by atoms with Gasteiger partial charge in [0, 0.05) is 30.3 Å². The van der Waals surface area contributed by atoms with Gasteiger partial charge in [-0.05, 0) is 36.4 Å². The number of carbonyl (C=O) groups excluding carboxylic acids is 2. The highest BCUT2D eigenvalue weighted by Gasteiger charge is 2.17. The van der Waals surface area contributed by atoms with Crippen molar-refractivity contribution < 1.29 is 32.2 Å². The molecule has 0 spiro atoms. The van der Waals surface area contributed by atoms with Crippen molar-refractivity contribution in [2.75, 3.05) is 18.6 Å². The minimum Gasteiger partial charge on any atom is -0.493 e. The SMILES string of the molecule is COc1cccc(/C=C/C(=O)N(CCC(N)=O)c2ccc(F)cc2)c1OC(F)F. The molecule has 0 bridgehead atoms. The van der Waals surface area contributed by atoms with Crippen LogP contribution in [0.15, 0.2) is 48.5 Å². The van der Waals surface area contributed by atoms with E-state index in [9.17, 15) is 22.8 Å². The first-order valence-corrected chi connectivity index (χ1v) is 8.47. The number of carbonyl (C=O) groups is 2. The van der Waals surface area contributed by atoms with Gasteiger partial charge in [-0.1, -0.05) is 12.1 Å². The van der Waals surface area contributed by atoms with E-state index in [-0.39, 0.29) is 30.0 Å². The second-order valence-corrected chi connectivity index (χ2v) is 5.77. The maximum Gasteiger partial charge on any atom is 0.387 e. The number of methoxy groups -OCH3 is 1. The fraction of sp³-hybridized carbons (Fsp3) is 0.200. The molecule has 29 heavy (non-hydrogen) atoms. The molecule has 2 aromatic rings. The molecule has 0 saturated heterocycles. The number of amides is 2. The van der Waals surface area contributed by atoms with Crippen molar-refractivity contribution in [2.45, 2.75) is 13.0 Å². The van der Waals surface area contributed by atoms with Gasteiger partial charge in [0.2, 0.25) is 5.91 Å². The van der Waals surface area contributed by atoms with E-state index in [0.29, 0.717) is 5.69 Å². The van der Waals surface area contributed by atoms with E-state index in [1.54, 1.807) is 6.07 Å². The number of hydrogen-bond acceptors (Lipinski definition) is 4. The van der Waals surface area contributed by atoms with E-state index >= 15 is 0 Å². The van der Waals surface area contributed by atoms with Gasteiger partial charge < -0.3 is 20.1 Å². The Balaban J connectivity index is 2.31. The number of anilines is 1. The van der Waals surface area contributed by atoms with Crippen LogP contribution in [0.4, 0.5) is 18.9 Å². The number of primary amides is 1. The van der Waals surface area contributed by atoms with Crippen LogP contribution in [0.1, 0.15) is 12.0 Å². The Labute approximate surface area is 165 Å². The summed E-state index contributed by atoms with van der Waals surface area (Å²) in [5, 5.41) is 0. The molecule has 154 valence electrons. The second-order valence-electron chi connectivity index (χ2n) is 5.77. The highest BCUT2D eigenvalue weighted by molar-refractivity contribution is 6.04. The molecule has 0 aliphatic heterocycles. The lowest BCUT2D eigenvalue weighted by atomic mass is 10.1. The summed E-state index contributed by atoms with van der Waals surface area (Å²) in [7, 11) is 1.30. The molecular weight excluding hydrogens is 389 g/mol. The smallest absolute Gasteiger partial charge is 0.387 e. The first kappa shape index (κ1) is 21.8. The van der Waals surface area contributed by atoms with Gasteiger partial charge in [0.15, 0.2) is 11.5 Å². The highest BCUT2D eigenvalue weighted by Crippen LogP contribution is 2.33. The summed E-state index contributed by atoms with van der Waals surface area (Å²) in [4.78, 5) is 25.0. The highest BCUT2D eigenvalue weighted by atomic mass is 19.3. The summed E-state index contributed by atoms with van der Waals surface area (Å²) >= 11 is 0. The van der Waals surface area contributed by atoms with E-state index in [4.69, 9.17) is 10.5 Å². The number of alkyl halides is 2. The predicted molar refractivity (Wildman–Crippen MR) is 101 cm³/mol. The van der Waals surface area contributed by atoms with Crippen molar-refractivity contribution in [1.82, 2.24) is 0 Å². The molecule has 2 rings (SSSR count). The van der Waals surface area contributed by atoms with Gasteiger partial charge in [0.05, 0.1) is 7.11 Å². The summed E-state index contributed by atoms with van der Waals surface area (Å²) in [6, 6.07) is 9.54. The number of rotatable bonds is 9. The molecule has 0 saturated carbocycles. The van der Waals surface area contributed by atoms with E-state index in [0.717, 1.165) is 6.08 Å². The number of nitrogens with zero attached hydrogens (tertiary/aromatic N) is 1. The lowest BCUT2D eigenvalue weighted by Gasteiger charge is -2.21. The van der Waals surface area contributed by atoms with Crippen LogP contribution in [0.3, 0.4) is 0 Å². The number of nitrogens with two attached hydrogens (primary N) is 1. The van der Waals surface area contributed by atoms with Gasteiger partial charge in [-0.2, -0.15) is 8.78 Å². The monoisotopic (exact) mass is 408 g/mol. The molecule has 2 amide bonds. The topological polar surface area (TPSA) is 81.9 Å². The fourth-order valence-corrected chi connectivity index (χ4v) is 2.50. The van der Waals surface area contributed by atoms with Crippen LogP contribution in [0, 0.1) is 5.82 Å². The average molecular weight is 408 g/mol. The Morgan fingerprint density at radius 2 is 1.86 bits per heavy atom. The molecule has 0 unspecified atom stereocenters. The lowest BCUT2D eigenvalue weighted by Crippen LogP contribution is -2.32. The van der Waals surface area contributed by atoms with Gasteiger partial charge in [-0.3, -0.25) is 9.59 Å². The average Bonchev–Trinajstić information content (AvgIpc) is 2.68. The van der Waals surface area contributed by atoms with E-state index in [2.05, 4.69) is 4.74 Å². The molecule has 2 N–H and O–H groups in total. The minimum absolute atomic E-state index is 0.0390. The Morgan fingerprint density at radius 3 is 2.45 bits per heavy atom. The summed E-state index contributed by atoms with van der Waals surface area (Å²) in [6.45, 7) is -3.12.